The fourth-order valence-electron chi connectivity index (χ4n) is 3.96. The third kappa shape index (κ3) is 4.67. The molecule has 0 atom stereocenters. The second-order valence-electron chi connectivity index (χ2n) is 7.67. The van der Waals surface area contributed by atoms with Gasteiger partial charge in [0, 0.05) is 50.4 Å². The van der Waals surface area contributed by atoms with Crippen molar-refractivity contribution in [2.24, 2.45) is 4.99 Å². The molecule has 2 aromatic carbocycles. The van der Waals surface area contributed by atoms with E-state index in [-0.39, 0.29) is 11.2 Å². The standard InChI is InChI=1S/C23H28FN3O3/c1-25-22(27-19-6-7-20-21(15-19)30-11-3-10-29-20)26-16-23(8-12-28-13-9-23)17-4-2-5-18(24)14-17/h2,4-7,14-15H,3,8-13,16H2,1H3,(H2,25,26,27). The van der Waals surface area contributed by atoms with E-state index in [4.69, 9.17) is 14.2 Å². The maximum absolute atomic E-state index is 13.9. The van der Waals surface area contributed by atoms with Crippen LogP contribution in [0.4, 0.5) is 10.1 Å². The summed E-state index contributed by atoms with van der Waals surface area (Å²) in [6.45, 7) is 3.25. The summed E-state index contributed by atoms with van der Waals surface area (Å²) in [5, 5.41) is 6.74. The van der Waals surface area contributed by atoms with Crippen molar-refractivity contribution in [2.75, 3.05) is 45.3 Å². The summed E-state index contributed by atoms with van der Waals surface area (Å²) in [6.07, 6.45) is 2.52. The molecule has 0 amide bonds. The van der Waals surface area contributed by atoms with Crippen molar-refractivity contribution < 1.29 is 18.6 Å². The zero-order valence-corrected chi connectivity index (χ0v) is 17.2. The number of hydrogen-bond acceptors (Lipinski definition) is 4. The Balaban J connectivity index is 1.47. The van der Waals surface area contributed by atoms with Crippen molar-refractivity contribution in [3.63, 3.8) is 0 Å². The molecule has 0 spiro atoms. The lowest BCUT2D eigenvalue weighted by Crippen LogP contribution is -2.46. The van der Waals surface area contributed by atoms with E-state index in [1.165, 1.54) is 6.07 Å². The number of benzene rings is 2. The molecule has 0 saturated carbocycles. The number of nitrogens with one attached hydrogen (secondary N) is 2. The van der Waals surface area contributed by atoms with Crippen LogP contribution in [0.2, 0.25) is 0 Å². The Kier molecular flexibility index (Phi) is 6.38. The lowest BCUT2D eigenvalue weighted by molar-refractivity contribution is 0.0513. The van der Waals surface area contributed by atoms with Gasteiger partial charge in [-0.25, -0.2) is 4.39 Å². The first-order valence-electron chi connectivity index (χ1n) is 10.4. The molecule has 6 nitrogen and oxygen atoms in total. The zero-order chi connectivity index (χ0) is 20.8. The first-order chi connectivity index (χ1) is 14.7. The van der Waals surface area contributed by atoms with Crippen molar-refractivity contribution >= 4 is 11.6 Å². The zero-order valence-electron chi connectivity index (χ0n) is 17.2. The first kappa shape index (κ1) is 20.5. The Bertz CT molecular complexity index is 897. The third-order valence-electron chi connectivity index (χ3n) is 5.71. The van der Waals surface area contributed by atoms with E-state index < -0.39 is 0 Å². The molecule has 2 aromatic rings. The molecule has 0 aromatic heterocycles. The van der Waals surface area contributed by atoms with Gasteiger partial charge < -0.3 is 24.8 Å². The highest BCUT2D eigenvalue weighted by Crippen LogP contribution is 2.35. The average Bonchev–Trinajstić information content (AvgIpc) is 3.02. The highest BCUT2D eigenvalue weighted by Gasteiger charge is 2.35. The molecule has 1 fully saturated rings. The maximum atomic E-state index is 13.9. The molecule has 4 rings (SSSR count). The van der Waals surface area contributed by atoms with Crippen LogP contribution in [0.3, 0.4) is 0 Å². The van der Waals surface area contributed by atoms with Gasteiger partial charge in [-0.2, -0.15) is 0 Å². The SMILES string of the molecule is CN=C(NCC1(c2cccc(F)c2)CCOCC1)Nc1ccc2c(c1)OCCCO2. The Labute approximate surface area is 176 Å². The molecule has 2 N–H and O–H groups in total. The van der Waals surface area contributed by atoms with Gasteiger partial charge in [0.25, 0.3) is 0 Å². The minimum absolute atomic E-state index is 0.206. The van der Waals surface area contributed by atoms with Gasteiger partial charge in [-0.15, -0.1) is 0 Å². The van der Waals surface area contributed by atoms with Gasteiger partial charge in [0.15, 0.2) is 17.5 Å². The summed E-state index contributed by atoms with van der Waals surface area (Å²) < 4.78 is 30.9. The lowest BCUT2D eigenvalue weighted by Gasteiger charge is -2.38. The van der Waals surface area contributed by atoms with Crippen molar-refractivity contribution in [3.05, 3.63) is 53.8 Å². The van der Waals surface area contributed by atoms with Gasteiger partial charge in [-0.1, -0.05) is 12.1 Å². The second-order valence-corrected chi connectivity index (χ2v) is 7.67. The minimum Gasteiger partial charge on any atom is -0.490 e. The molecule has 160 valence electrons. The van der Waals surface area contributed by atoms with Gasteiger partial charge in [0.2, 0.25) is 0 Å². The maximum Gasteiger partial charge on any atom is 0.195 e. The van der Waals surface area contributed by atoms with Crippen molar-refractivity contribution in [1.82, 2.24) is 5.32 Å². The van der Waals surface area contributed by atoms with Crippen LogP contribution >= 0.6 is 0 Å². The highest BCUT2D eigenvalue weighted by atomic mass is 19.1. The van der Waals surface area contributed by atoms with Crippen molar-refractivity contribution in [1.29, 1.82) is 0 Å². The van der Waals surface area contributed by atoms with Crippen LogP contribution in [0.1, 0.15) is 24.8 Å². The van der Waals surface area contributed by atoms with Crippen LogP contribution in [0.15, 0.2) is 47.5 Å². The molecule has 2 aliphatic rings. The number of anilines is 1. The smallest absolute Gasteiger partial charge is 0.195 e. The number of hydrogen-bond donors (Lipinski definition) is 2. The van der Waals surface area contributed by atoms with E-state index in [0.717, 1.165) is 42.0 Å². The number of ether oxygens (including phenoxy) is 3. The topological polar surface area (TPSA) is 64.1 Å². The largest absolute Gasteiger partial charge is 0.490 e. The number of aliphatic imine (C=N–C) groups is 1. The lowest BCUT2D eigenvalue weighted by atomic mass is 9.74. The van der Waals surface area contributed by atoms with Crippen LogP contribution in [-0.2, 0) is 10.2 Å². The van der Waals surface area contributed by atoms with Crippen molar-refractivity contribution in [2.45, 2.75) is 24.7 Å². The molecule has 0 bridgehead atoms. The number of rotatable bonds is 4. The molecular weight excluding hydrogens is 385 g/mol. The number of fused-ring (bicyclic) bond motifs is 1. The predicted octanol–water partition coefficient (Wildman–Crippen LogP) is 3.72. The molecule has 0 aliphatic carbocycles. The fraction of sp³-hybridized carbons (Fsp3) is 0.435. The molecule has 7 heteroatoms. The summed E-state index contributed by atoms with van der Waals surface area (Å²) in [7, 11) is 1.73. The average molecular weight is 413 g/mol. The van der Waals surface area contributed by atoms with Gasteiger partial charge in [0.1, 0.15) is 5.82 Å². The number of nitrogens with zero attached hydrogens (tertiary/aromatic N) is 1. The Morgan fingerprint density at radius 1 is 1.03 bits per heavy atom. The third-order valence-corrected chi connectivity index (χ3v) is 5.71. The molecule has 0 unspecified atom stereocenters. The van der Waals surface area contributed by atoms with E-state index in [0.29, 0.717) is 38.9 Å². The molecule has 2 aliphatic heterocycles. The summed E-state index contributed by atoms with van der Waals surface area (Å²) in [5.41, 5.74) is 1.64. The molecule has 1 saturated heterocycles. The van der Waals surface area contributed by atoms with E-state index in [2.05, 4.69) is 15.6 Å². The monoisotopic (exact) mass is 413 g/mol. The quantitative estimate of drug-likeness (QED) is 0.591. The summed E-state index contributed by atoms with van der Waals surface area (Å²) >= 11 is 0. The Morgan fingerprint density at radius 3 is 2.60 bits per heavy atom. The van der Waals surface area contributed by atoms with Gasteiger partial charge in [-0.3, -0.25) is 4.99 Å². The number of guanidine groups is 1. The van der Waals surface area contributed by atoms with Crippen LogP contribution in [0.5, 0.6) is 11.5 Å². The summed E-state index contributed by atoms with van der Waals surface area (Å²) in [5.74, 6) is 1.92. The van der Waals surface area contributed by atoms with E-state index >= 15 is 0 Å². The van der Waals surface area contributed by atoms with E-state index in [9.17, 15) is 4.39 Å². The van der Waals surface area contributed by atoms with Gasteiger partial charge in [0.05, 0.1) is 13.2 Å². The normalized spacial score (nSPS) is 18.4. The minimum atomic E-state index is -0.215. The van der Waals surface area contributed by atoms with Crippen LogP contribution in [0.25, 0.3) is 0 Å². The first-order valence-corrected chi connectivity index (χ1v) is 10.4. The van der Waals surface area contributed by atoms with E-state index in [1.807, 2.05) is 24.3 Å². The van der Waals surface area contributed by atoms with Crippen LogP contribution < -0.4 is 20.1 Å². The second kappa shape index (κ2) is 9.34. The number of halogens is 1. The van der Waals surface area contributed by atoms with Crippen molar-refractivity contribution in [3.8, 4) is 11.5 Å². The van der Waals surface area contributed by atoms with E-state index in [1.54, 1.807) is 19.2 Å². The van der Waals surface area contributed by atoms with Crippen LogP contribution in [0, 0.1) is 5.82 Å². The van der Waals surface area contributed by atoms with Crippen LogP contribution in [-0.4, -0.2) is 46.0 Å². The van der Waals surface area contributed by atoms with Gasteiger partial charge >= 0.3 is 0 Å². The fourth-order valence-corrected chi connectivity index (χ4v) is 3.96. The predicted molar refractivity (Wildman–Crippen MR) is 115 cm³/mol. The van der Waals surface area contributed by atoms with Gasteiger partial charge in [-0.05, 0) is 42.7 Å². The highest BCUT2D eigenvalue weighted by molar-refractivity contribution is 5.94. The molecule has 0 radical (unpaired) electrons. The molecular formula is C23H28FN3O3. The molecule has 2 heterocycles. The molecule has 30 heavy (non-hydrogen) atoms. The summed E-state index contributed by atoms with van der Waals surface area (Å²) in [4.78, 5) is 4.36. The summed E-state index contributed by atoms with van der Waals surface area (Å²) in [6, 6.07) is 12.6. The Morgan fingerprint density at radius 2 is 1.83 bits per heavy atom. The Hall–Kier alpha value is -2.80.